The van der Waals surface area contributed by atoms with Crippen LogP contribution in [0.25, 0.3) is 0 Å². The molecule has 4 N–H and O–H groups in total. The Hall–Kier alpha value is -2.96. The number of anilines is 4. The first-order chi connectivity index (χ1) is 16.0. The maximum absolute atomic E-state index is 13.2. The zero-order valence-electron chi connectivity index (χ0n) is 19.6. The number of carbonyl (C=O) groups excluding carboxylic acids is 1. The van der Waals surface area contributed by atoms with Gasteiger partial charge in [0.2, 0.25) is 0 Å². The molecule has 1 amide bonds. The summed E-state index contributed by atoms with van der Waals surface area (Å²) in [7, 11) is 1.96. The van der Waals surface area contributed by atoms with Crippen molar-refractivity contribution in [3.8, 4) is 6.07 Å². The van der Waals surface area contributed by atoms with Crippen molar-refractivity contribution in [2.24, 2.45) is 0 Å². The first-order valence-electron chi connectivity index (χ1n) is 11.3. The van der Waals surface area contributed by atoms with Crippen molar-refractivity contribution in [3.05, 3.63) is 41.5 Å². The number of aromatic nitrogens is 1. The van der Waals surface area contributed by atoms with E-state index in [4.69, 9.17) is 5.11 Å². The lowest BCUT2D eigenvalue weighted by Gasteiger charge is -2.22. The summed E-state index contributed by atoms with van der Waals surface area (Å²) in [5.74, 6) is 1.18. The Labute approximate surface area is 200 Å². The molecule has 0 aliphatic carbocycles. The Bertz CT molecular complexity index is 947. The molecule has 178 valence electrons. The van der Waals surface area contributed by atoms with Crippen LogP contribution in [0.5, 0.6) is 0 Å². The van der Waals surface area contributed by atoms with Gasteiger partial charge in [-0.2, -0.15) is 5.26 Å². The zero-order valence-corrected chi connectivity index (χ0v) is 20.5. The molecular formula is C24H34N6O2S. The number of nitrogens with zero attached hydrogens (tertiary/aromatic N) is 3. The first kappa shape index (κ1) is 26.3. The lowest BCUT2D eigenvalue weighted by atomic mass is 10.1. The number of amides is 1. The molecule has 8 nitrogen and oxygen atoms in total. The Morgan fingerprint density at radius 2 is 2.03 bits per heavy atom. The molecule has 0 atom stereocenters. The molecule has 0 radical (unpaired) electrons. The highest BCUT2D eigenvalue weighted by molar-refractivity contribution is 8.00. The standard InChI is InChI=1S/C24H34N6O2S/c1-4-6-7-12-26-23-18(17-25)8-11-22(27-23)28-24(32)20-10-9-19(29-33-15-14-31)16-21(20)30(3)13-5-2/h8-11,16,29,31H,4-7,12-15H2,1-3H3,(H2,26,27,28,32). The molecule has 9 heteroatoms. The molecule has 1 aromatic carbocycles. The third kappa shape index (κ3) is 8.15. The Balaban J connectivity index is 2.23. The smallest absolute Gasteiger partial charge is 0.258 e. The Kier molecular flexibility index (Phi) is 11.3. The van der Waals surface area contributed by atoms with E-state index in [1.54, 1.807) is 18.2 Å². The lowest BCUT2D eigenvalue weighted by molar-refractivity contribution is 0.102. The number of rotatable bonds is 14. The van der Waals surface area contributed by atoms with E-state index in [-0.39, 0.29) is 12.5 Å². The molecule has 0 fully saturated rings. The highest BCUT2D eigenvalue weighted by atomic mass is 32.2. The van der Waals surface area contributed by atoms with Crippen molar-refractivity contribution in [2.45, 2.75) is 39.5 Å². The van der Waals surface area contributed by atoms with Crippen molar-refractivity contribution < 1.29 is 9.90 Å². The van der Waals surface area contributed by atoms with E-state index in [1.165, 1.54) is 11.9 Å². The molecule has 0 saturated heterocycles. The molecule has 2 rings (SSSR count). The van der Waals surface area contributed by atoms with Gasteiger partial charge >= 0.3 is 0 Å². The summed E-state index contributed by atoms with van der Waals surface area (Å²) in [6.07, 6.45) is 4.14. The van der Waals surface area contributed by atoms with Gasteiger partial charge in [0.1, 0.15) is 17.7 Å². The number of carbonyl (C=O) groups is 1. The normalized spacial score (nSPS) is 10.4. The minimum Gasteiger partial charge on any atom is -0.395 e. The van der Waals surface area contributed by atoms with Gasteiger partial charge in [0.05, 0.1) is 23.4 Å². The summed E-state index contributed by atoms with van der Waals surface area (Å²) < 4.78 is 3.19. The van der Waals surface area contributed by atoms with Crippen molar-refractivity contribution in [1.29, 1.82) is 5.26 Å². The third-order valence-electron chi connectivity index (χ3n) is 4.93. The van der Waals surface area contributed by atoms with Crippen LogP contribution in [0.2, 0.25) is 0 Å². The largest absolute Gasteiger partial charge is 0.395 e. The van der Waals surface area contributed by atoms with Gasteiger partial charge in [0, 0.05) is 31.6 Å². The monoisotopic (exact) mass is 470 g/mol. The summed E-state index contributed by atoms with van der Waals surface area (Å²) >= 11 is 1.41. The van der Waals surface area contributed by atoms with Crippen LogP contribution in [0, 0.1) is 11.3 Å². The molecule has 0 saturated carbocycles. The van der Waals surface area contributed by atoms with Crippen LogP contribution >= 0.6 is 11.9 Å². The van der Waals surface area contributed by atoms with Crippen LogP contribution in [0.1, 0.15) is 55.5 Å². The maximum atomic E-state index is 13.2. The molecule has 0 spiro atoms. The average molecular weight is 471 g/mol. The van der Waals surface area contributed by atoms with E-state index in [1.807, 2.05) is 24.1 Å². The van der Waals surface area contributed by atoms with Gasteiger partial charge in [-0.1, -0.05) is 38.6 Å². The van der Waals surface area contributed by atoms with Crippen LogP contribution in [-0.2, 0) is 0 Å². The predicted octanol–water partition coefficient (Wildman–Crippen LogP) is 4.71. The fourth-order valence-corrected chi connectivity index (χ4v) is 3.74. The van der Waals surface area contributed by atoms with Gasteiger partial charge < -0.3 is 25.4 Å². The molecule has 33 heavy (non-hydrogen) atoms. The fraction of sp³-hybridized carbons (Fsp3) is 0.458. The van der Waals surface area contributed by atoms with Crippen molar-refractivity contribution in [1.82, 2.24) is 4.98 Å². The summed E-state index contributed by atoms with van der Waals surface area (Å²) in [4.78, 5) is 19.7. The van der Waals surface area contributed by atoms with E-state index < -0.39 is 0 Å². The molecule has 0 unspecified atom stereocenters. The van der Waals surface area contributed by atoms with Gasteiger partial charge in [-0.3, -0.25) is 4.79 Å². The summed E-state index contributed by atoms with van der Waals surface area (Å²) in [5, 5.41) is 24.5. The van der Waals surface area contributed by atoms with Crippen molar-refractivity contribution in [2.75, 3.05) is 52.8 Å². The van der Waals surface area contributed by atoms with E-state index >= 15 is 0 Å². The van der Waals surface area contributed by atoms with Gasteiger partial charge in [-0.05, 0) is 43.2 Å². The summed E-state index contributed by atoms with van der Waals surface area (Å²) in [5.41, 5.74) is 2.64. The third-order valence-corrected chi connectivity index (χ3v) is 5.69. The number of aliphatic hydroxyl groups is 1. The number of unbranched alkanes of at least 4 members (excludes halogenated alkanes) is 2. The SMILES string of the molecule is CCCCCNc1nc(NC(=O)c2ccc(NSCCO)cc2N(C)CCC)ccc1C#N. The average Bonchev–Trinajstić information content (AvgIpc) is 2.82. The topological polar surface area (TPSA) is 113 Å². The highest BCUT2D eigenvalue weighted by Crippen LogP contribution is 2.27. The van der Waals surface area contributed by atoms with Crippen LogP contribution in [0.4, 0.5) is 23.0 Å². The number of nitrogens with one attached hydrogen (secondary N) is 3. The first-order valence-corrected chi connectivity index (χ1v) is 12.3. The summed E-state index contributed by atoms with van der Waals surface area (Å²) in [6.45, 7) is 5.84. The van der Waals surface area contributed by atoms with Gasteiger partial charge in [-0.15, -0.1) is 0 Å². The predicted molar refractivity (Wildman–Crippen MR) is 138 cm³/mol. The minimum absolute atomic E-state index is 0.0911. The molecule has 0 aliphatic rings. The quantitative estimate of drug-likeness (QED) is 0.232. The van der Waals surface area contributed by atoms with E-state index in [0.717, 1.165) is 50.1 Å². The summed E-state index contributed by atoms with van der Waals surface area (Å²) in [6, 6.07) is 11.0. The Morgan fingerprint density at radius 3 is 2.73 bits per heavy atom. The van der Waals surface area contributed by atoms with Crippen molar-refractivity contribution >= 4 is 40.9 Å². The molecule has 0 aliphatic heterocycles. The number of hydrogen-bond donors (Lipinski definition) is 4. The van der Waals surface area contributed by atoms with Crippen LogP contribution in [0.15, 0.2) is 30.3 Å². The molecule has 0 bridgehead atoms. The van der Waals surface area contributed by atoms with Crippen LogP contribution in [-0.4, -0.2) is 48.5 Å². The second-order valence-corrected chi connectivity index (χ2v) is 8.52. The maximum Gasteiger partial charge on any atom is 0.258 e. The second-order valence-electron chi connectivity index (χ2n) is 7.62. The highest BCUT2D eigenvalue weighted by Gasteiger charge is 2.17. The molecule has 1 heterocycles. The minimum atomic E-state index is -0.267. The fourth-order valence-electron chi connectivity index (χ4n) is 3.26. The Morgan fingerprint density at radius 1 is 1.21 bits per heavy atom. The number of pyridine rings is 1. The second kappa shape index (κ2) is 14.2. The number of benzene rings is 1. The van der Waals surface area contributed by atoms with Crippen LogP contribution in [0.3, 0.4) is 0 Å². The van der Waals surface area contributed by atoms with Gasteiger partial charge in [0.15, 0.2) is 0 Å². The molecular weight excluding hydrogens is 436 g/mol. The van der Waals surface area contributed by atoms with E-state index in [0.29, 0.717) is 28.5 Å². The van der Waals surface area contributed by atoms with E-state index in [2.05, 4.69) is 40.3 Å². The molecule has 2 aromatic rings. The zero-order chi connectivity index (χ0) is 24.1. The van der Waals surface area contributed by atoms with Gasteiger partial charge in [-0.25, -0.2) is 4.98 Å². The van der Waals surface area contributed by atoms with E-state index in [9.17, 15) is 10.1 Å². The lowest BCUT2D eigenvalue weighted by Crippen LogP contribution is -2.23. The number of hydrogen-bond acceptors (Lipinski definition) is 8. The number of aliphatic hydroxyl groups excluding tert-OH is 1. The number of nitriles is 1. The molecule has 1 aromatic heterocycles. The van der Waals surface area contributed by atoms with Crippen molar-refractivity contribution in [3.63, 3.8) is 0 Å². The van der Waals surface area contributed by atoms with Crippen LogP contribution < -0.4 is 20.3 Å². The van der Waals surface area contributed by atoms with Gasteiger partial charge in [0.25, 0.3) is 5.91 Å².